The zero-order valence-electron chi connectivity index (χ0n) is 15.7. The van der Waals surface area contributed by atoms with Gasteiger partial charge in [-0.1, -0.05) is 36.3 Å². The van der Waals surface area contributed by atoms with Crippen LogP contribution in [0, 0.1) is 11.8 Å². The Morgan fingerprint density at radius 2 is 2.14 bits per heavy atom. The van der Waals surface area contributed by atoms with E-state index in [1.54, 1.807) is 12.4 Å². The Morgan fingerprint density at radius 1 is 1.29 bits per heavy atom. The highest BCUT2D eigenvalue weighted by molar-refractivity contribution is 5.94. The lowest BCUT2D eigenvalue weighted by Gasteiger charge is -2.26. The van der Waals surface area contributed by atoms with E-state index in [1.807, 2.05) is 55.5 Å². The summed E-state index contributed by atoms with van der Waals surface area (Å²) in [7, 11) is 0. The van der Waals surface area contributed by atoms with Gasteiger partial charge in [0.25, 0.3) is 5.91 Å². The summed E-state index contributed by atoms with van der Waals surface area (Å²) >= 11 is 0. The van der Waals surface area contributed by atoms with Crippen molar-refractivity contribution in [2.75, 3.05) is 19.8 Å². The SMILES string of the molecule is CCOCCOC1C=CC(c2ncc[nH]2)=CC1NC(=O)C#Cc1ccccc1. The Hall–Kier alpha value is -3.14. The molecule has 144 valence electrons. The number of carbonyl (C=O) groups excluding carboxylic acids is 1. The first-order valence-electron chi connectivity index (χ1n) is 9.23. The number of carbonyl (C=O) groups is 1. The highest BCUT2D eigenvalue weighted by Gasteiger charge is 2.24. The first-order chi connectivity index (χ1) is 13.8. The van der Waals surface area contributed by atoms with E-state index in [0.717, 1.165) is 17.0 Å². The molecule has 0 radical (unpaired) electrons. The first-order valence-corrected chi connectivity index (χ1v) is 9.23. The maximum atomic E-state index is 12.4. The molecule has 6 nitrogen and oxygen atoms in total. The van der Waals surface area contributed by atoms with Crippen LogP contribution in [0.25, 0.3) is 5.57 Å². The van der Waals surface area contributed by atoms with Crippen LogP contribution in [0.3, 0.4) is 0 Å². The van der Waals surface area contributed by atoms with Gasteiger partial charge in [0, 0.05) is 36.1 Å². The van der Waals surface area contributed by atoms with Crippen molar-refractivity contribution in [1.82, 2.24) is 15.3 Å². The van der Waals surface area contributed by atoms with Gasteiger partial charge in [0.1, 0.15) is 5.82 Å². The van der Waals surface area contributed by atoms with Gasteiger partial charge in [-0.3, -0.25) is 4.79 Å². The van der Waals surface area contributed by atoms with Crippen LogP contribution in [0.5, 0.6) is 0 Å². The second-order valence-electron chi connectivity index (χ2n) is 6.07. The molecule has 2 atom stereocenters. The quantitative estimate of drug-likeness (QED) is 0.574. The fraction of sp³-hybridized carbons (Fsp3) is 0.273. The maximum Gasteiger partial charge on any atom is 0.296 e. The minimum atomic E-state index is -0.363. The third-order valence-corrected chi connectivity index (χ3v) is 4.08. The van der Waals surface area contributed by atoms with Crippen molar-refractivity contribution in [3.8, 4) is 11.8 Å². The maximum absolute atomic E-state index is 12.4. The number of aromatic nitrogens is 2. The van der Waals surface area contributed by atoms with Gasteiger partial charge in [-0.05, 0) is 25.1 Å². The first kappa shape index (κ1) is 19.6. The number of aromatic amines is 1. The summed E-state index contributed by atoms with van der Waals surface area (Å²) in [6.45, 7) is 3.52. The van der Waals surface area contributed by atoms with Crippen LogP contribution in [0.4, 0.5) is 0 Å². The fourth-order valence-corrected chi connectivity index (χ4v) is 2.75. The van der Waals surface area contributed by atoms with Crippen molar-refractivity contribution in [3.63, 3.8) is 0 Å². The van der Waals surface area contributed by atoms with Crippen molar-refractivity contribution >= 4 is 11.5 Å². The molecule has 0 fully saturated rings. The molecule has 6 heteroatoms. The molecule has 1 amide bonds. The third-order valence-electron chi connectivity index (χ3n) is 4.08. The standard InChI is InChI=1S/C22H23N3O3/c1-2-27-14-15-28-20-10-9-18(22-23-12-13-24-22)16-19(20)25-21(26)11-8-17-6-4-3-5-7-17/h3-7,9-10,12-13,16,19-20H,2,14-15H2,1H3,(H,23,24)(H,25,26). The lowest BCUT2D eigenvalue weighted by Crippen LogP contribution is -2.43. The molecule has 1 aliphatic carbocycles. The highest BCUT2D eigenvalue weighted by atomic mass is 16.5. The molecule has 1 aliphatic rings. The lowest BCUT2D eigenvalue weighted by molar-refractivity contribution is -0.116. The summed E-state index contributed by atoms with van der Waals surface area (Å²) in [5.41, 5.74) is 1.67. The number of nitrogens with zero attached hydrogens (tertiary/aromatic N) is 1. The van der Waals surface area contributed by atoms with Gasteiger partial charge in [-0.2, -0.15) is 0 Å². The van der Waals surface area contributed by atoms with Gasteiger partial charge in [0.2, 0.25) is 0 Å². The van der Waals surface area contributed by atoms with Gasteiger partial charge in [-0.25, -0.2) is 4.98 Å². The molecule has 0 bridgehead atoms. The number of rotatable bonds is 7. The molecule has 0 spiro atoms. The molecule has 0 saturated heterocycles. The minimum absolute atomic E-state index is 0.304. The normalized spacial score (nSPS) is 18.1. The van der Waals surface area contributed by atoms with E-state index in [1.165, 1.54) is 0 Å². The summed E-state index contributed by atoms with van der Waals surface area (Å²) in [4.78, 5) is 19.7. The van der Waals surface area contributed by atoms with E-state index >= 15 is 0 Å². The van der Waals surface area contributed by atoms with Gasteiger partial charge in [0.05, 0.1) is 25.4 Å². The smallest absolute Gasteiger partial charge is 0.296 e. The van der Waals surface area contributed by atoms with Crippen molar-refractivity contribution in [2.24, 2.45) is 0 Å². The number of ether oxygens (including phenoxy) is 2. The monoisotopic (exact) mass is 377 g/mol. The Bertz CT molecular complexity index is 877. The zero-order valence-corrected chi connectivity index (χ0v) is 15.7. The summed E-state index contributed by atoms with van der Waals surface area (Å²) in [6.07, 6.45) is 8.91. The van der Waals surface area contributed by atoms with Crippen molar-refractivity contribution in [3.05, 3.63) is 72.3 Å². The molecular formula is C22H23N3O3. The lowest BCUT2D eigenvalue weighted by atomic mass is 9.99. The summed E-state index contributed by atoms with van der Waals surface area (Å²) in [5.74, 6) is 5.87. The topological polar surface area (TPSA) is 76.2 Å². The Kier molecular flexibility index (Phi) is 7.19. The number of hydrogen-bond acceptors (Lipinski definition) is 4. The molecule has 2 unspecified atom stereocenters. The predicted octanol–water partition coefficient (Wildman–Crippen LogP) is 2.32. The third kappa shape index (κ3) is 5.68. The average Bonchev–Trinajstić information content (AvgIpc) is 3.26. The number of hydrogen-bond donors (Lipinski definition) is 2. The molecule has 3 rings (SSSR count). The number of H-pyrrole nitrogens is 1. The van der Waals surface area contributed by atoms with Crippen molar-refractivity contribution < 1.29 is 14.3 Å². The van der Waals surface area contributed by atoms with Gasteiger partial charge >= 0.3 is 0 Å². The average molecular weight is 377 g/mol. The summed E-state index contributed by atoms with van der Waals surface area (Å²) in [6, 6.07) is 9.04. The second-order valence-corrected chi connectivity index (χ2v) is 6.07. The molecule has 1 heterocycles. The second kappa shape index (κ2) is 10.3. The van der Waals surface area contributed by atoms with E-state index in [-0.39, 0.29) is 18.1 Å². The van der Waals surface area contributed by atoms with Gasteiger partial charge < -0.3 is 19.8 Å². The van der Waals surface area contributed by atoms with E-state index < -0.39 is 0 Å². The van der Waals surface area contributed by atoms with E-state index in [9.17, 15) is 4.79 Å². The molecule has 2 aromatic rings. The van der Waals surface area contributed by atoms with Crippen LogP contribution < -0.4 is 5.32 Å². The van der Waals surface area contributed by atoms with Crippen LogP contribution in [0.15, 0.2) is 61.0 Å². The zero-order chi connectivity index (χ0) is 19.6. The number of nitrogens with one attached hydrogen (secondary N) is 2. The highest BCUT2D eigenvalue weighted by Crippen LogP contribution is 2.20. The molecule has 2 N–H and O–H groups in total. The van der Waals surface area contributed by atoms with Crippen molar-refractivity contribution in [1.29, 1.82) is 0 Å². The van der Waals surface area contributed by atoms with Crippen LogP contribution in [-0.2, 0) is 14.3 Å². The summed E-state index contributed by atoms with van der Waals surface area (Å²) < 4.78 is 11.2. The molecule has 28 heavy (non-hydrogen) atoms. The number of amides is 1. The molecule has 1 aromatic heterocycles. The molecular weight excluding hydrogens is 354 g/mol. The Labute approximate surface area is 164 Å². The molecule has 1 aromatic carbocycles. The Morgan fingerprint density at radius 3 is 2.89 bits per heavy atom. The van der Waals surface area contributed by atoms with Crippen LogP contribution in [0.1, 0.15) is 18.3 Å². The predicted molar refractivity (Wildman–Crippen MR) is 107 cm³/mol. The molecule has 0 saturated carbocycles. The summed E-state index contributed by atoms with van der Waals surface area (Å²) in [5, 5.41) is 2.92. The van der Waals surface area contributed by atoms with Crippen LogP contribution in [-0.4, -0.2) is 47.8 Å². The van der Waals surface area contributed by atoms with E-state index in [2.05, 4.69) is 27.1 Å². The molecule has 0 aliphatic heterocycles. The van der Waals surface area contributed by atoms with Gasteiger partial charge in [-0.15, -0.1) is 0 Å². The van der Waals surface area contributed by atoms with E-state index in [4.69, 9.17) is 9.47 Å². The van der Waals surface area contributed by atoms with Crippen LogP contribution in [0.2, 0.25) is 0 Å². The largest absolute Gasteiger partial charge is 0.379 e. The Balaban J connectivity index is 1.69. The van der Waals surface area contributed by atoms with Crippen molar-refractivity contribution in [2.45, 2.75) is 19.1 Å². The minimum Gasteiger partial charge on any atom is -0.379 e. The van der Waals surface area contributed by atoms with Gasteiger partial charge in [0.15, 0.2) is 0 Å². The number of allylic oxidation sites excluding steroid dienone is 2. The number of imidazole rings is 1. The van der Waals surface area contributed by atoms with E-state index in [0.29, 0.717) is 19.8 Å². The fourth-order valence-electron chi connectivity index (χ4n) is 2.75. The van der Waals surface area contributed by atoms with Crippen LogP contribution >= 0.6 is 0 Å². The number of benzene rings is 1.